The van der Waals surface area contributed by atoms with Crippen LogP contribution in [0.5, 0.6) is 5.75 Å². The standard InChI is InChI=1S/C25H25NO5S/c27-23-22(32-25(30)26(23)15-17-6-2-1-3-7-17)14-20-8-4-5-9-21(20)31-16-18-10-12-19(13-11-18)24(28)29/h4-5,8-14,17H,1-3,6-7,15-16H2,(H,28,29)/b22-14+. The number of thioether (sulfide) groups is 1. The van der Waals surface area contributed by atoms with Gasteiger partial charge in [0.05, 0.1) is 10.5 Å². The Hall–Kier alpha value is -3.06. The molecular weight excluding hydrogens is 426 g/mol. The molecule has 0 unspecified atom stereocenters. The fourth-order valence-electron chi connectivity index (χ4n) is 4.06. The number of carboxylic acids is 1. The molecule has 0 radical (unpaired) electrons. The summed E-state index contributed by atoms with van der Waals surface area (Å²) in [7, 11) is 0. The molecule has 2 aromatic carbocycles. The molecule has 0 aromatic heterocycles. The normalized spacial score (nSPS) is 18.4. The summed E-state index contributed by atoms with van der Waals surface area (Å²) in [6, 6.07) is 13.8. The van der Waals surface area contributed by atoms with Gasteiger partial charge in [-0.05, 0) is 60.4 Å². The number of carbonyl (C=O) groups is 3. The molecule has 1 saturated carbocycles. The molecule has 1 aliphatic carbocycles. The van der Waals surface area contributed by atoms with Crippen molar-refractivity contribution in [3.63, 3.8) is 0 Å². The lowest BCUT2D eigenvalue weighted by Crippen LogP contribution is -2.34. The van der Waals surface area contributed by atoms with Crippen molar-refractivity contribution in [2.24, 2.45) is 5.92 Å². The second-order valence-electron chi connectivity index (χ2n) is 8.12. The molecule has 1 heterocycles. The number of nitrogens with zero attached hydrogens (tertiary/aromatic N) is 1. The Morgan fingerprint density at radius 3 is 2.50 bits per heavy atom. The number of imide groups is 1. The van der Waals surface area contributed by atoms with E-state index in [1.165, 1.54) is 36.3 Å². The topological polar surface area (TPSA) is 83.9 Å². The van der Waals surface area contributed by atoms with Gasteiger partial charge in [-0.2, -0.15) is 0 Å². The third kappa shape index (κ3) is 5.22. The summed E-state index contributed by atoms with van der Waals surface area (Å²) in [5.74, 6) is -0.210. The van der Waals surface area contributed by atoms with Gasteiger partial charge in [-0.3, -0.25) is 14.5 Å². The van der Waals surface area contributed by atoms with Gasteiger partial charge in [0.15, 0.2) is 0 Å². The maximum Gasteiger partial charge on any atom is 0.335 e. The fourth-order valence-corrected chi connectivity index (χ4v) is 4.90. The number of amides is 2. The first-order valence-corrected chi connectivity index (χ1v) is 11.6. The summed E-state index contributed by atoms with van der Waals surface area (Å²) in [6.07, 6.45) is 7.43. The number of carboxylic acid groups (broad SMARTS) is 1. The average molecular weight is 452 g/mol. The minimum Gasteiger partial charge on any atom is -0.488 e. The van der Waals surface area contributed by atoms with E-state index in [0.717, 1.165) is 35.7 Å². The van der Waals surface area contributed by atoms with Crippen molar-refractivity contribution >= 4 is 35.0 Å². The second-order valence-corrected chi connectivity index (χ2v) is 9.12. The summed E-state index contributed by atoms with van der Waals surface area (Å²) < 4.78 is 5.93. The smallest absolute Gasteiger partial charge is 0.335 e. The number of benzene rings is 2. The Labute approximate surface area is 191 Å². The number of ether oxygens (including phenoxy) is 1. The number of para-hydroxylation sites is 1. The molecular formula is C25H25NO5S. The monoisotopic (exact) mass is 451 g/mol. The van der Waals surface area contributed by atoms with Crippen LogP contribution in [0.1, 0.15) is 53.6 Å². The molecule has 0 spiro atoms. The second kappa shape index (κ2) is 10.0. The molecule has 2 amide bonds. The number of rotatable bonds is 7. The Balaban J connectivity index is 1.45. The number of aromatic carboxylic acids is 1. The van der Waals surface area contributed by atoms with E-state index < -0.39 is 5.97 Å². The van der Waals surface area contributed by atoms with Crippen molar-refractivity contribution < 1.29 is 24.2 Å². The Bertz CT molecular complexity index is 1040. The van der Waals surface area contributed by atoms with Crippen LogP contribution >= 0.6 is 11.8 Å². The van der Waals surface area contributed by atoms with E-state index in [-0.39, 0.29) is 23.3 Å². The first-order chi connectivity index (χ1) is 15.5. The first kappa shape index (κ1) is 22.1. The van der Waals surface area contributed by atoms with Gasteiger partial charge in [-0.25, -0.2) is 4.79 Å². The summed E-state index contributed by atoms with van der Waals surface area (Å²) >= 11 is 0.980. The predicted molar refractivity (Wildman–Crippen MR) is 123 cm³/mol. The summed E-state index contributed by atoms with van der Waals surface area (Å²) in [4.78, 5) is 38.2. The quantitative estimate of drug-likeness (QED) is 0.553. The maximum absolute atomic E-state index is 12.9. The zero-order valence-electron chi connectivity index (χ0n) is 17.7. The summed E-state index contributed by atoms with van der Waals surface area (Å²) in [5.41, 5.74) is 1.77. The van der Waals surface area contributed by atoms with E-state index in [0.29, 0.717) is 23.1 Å². The van der Waals surface area contributed by atoms with Crippen molar-refractivity contribution in [1.82, 2.24) is 4.90 Å². The van der Waals surface area contributed by atoms with Gasteiger partial charge in [0.25, 0.3) is 11.1 Å². The van der Waals surface area contributed by atoms with Crippen molar-refractivity contribution in [3.05, 3.63) is 70.1 Å². The van der Waals surface area contributed by atoms with Gasteiger partial charge < -0.3 is 9.84 Å². The van der Waals surface area contributed by atoms with Gasteiger partial charge in [-0.15, -0.1) is 0 Å². The summed E-state index contributed by atoms with van der Waals surface area (Å²) in [5, 5.41) is 8.81. The zero-order chi connectivity index (χ0) is 22.5. The van der Waals surface area contributed by atoms with Crippen molar-refractivity contribution in [2.45, 2.75) is 38.7 Å². The van der Waals surface area contributed by atoms with Crippen LogP contribution < -0.4 is 4.74 Å². The molecule has 7 heteroatoms. The number of hydrogen-bond acceptors (Lipinski definition) is 5. The SMILES string of the molecule is O=C(O)c1ccc(COc2ccccc2/C=C2/SC(=O)N(CC3CCCCC3)C2=O)cc1. The van der Waals surface area contributed by atoms with Crippen LogP contribution in [0.4, 0.5) is 4.79 Å². The van der Waals surface area contributed by atoms with Crippen molar-refractivity contribution in [1.29, 1.82) is 0 Å². The largest absolute Gasteiger partial charge is 0.488 e. The third-order valence-electron chi connectivity index (χ3n) is 5.84. The number of hydrogen-bond donors (Lipinski definition) is 1. The van der Waals surface area contributed by atoms with Crippen molar-refractivity contribution in [3.8, 4) is 5.75 Å². The third-order valence-corrected chi connectivity index (χ3v) is 6.75. The lowest BCUT2D eigenvalue weighted by Gasteiger charge is -2.25. The Kier molecular flexibility index (Phi) is 6.95. The highest BCUT2D eigenvalue weighted by atomic mass is 32.2. The minimum absolute atomic E-state index is 0.205. The zero-order valence-corrected chi connectivity index (χ0v) is 18.5. The molecule has 32 heavy (non-hydrogen) atoms. The highest BCUT2D eigenvalue weighted by molar-refractivity contribution is 8.18. The van der Waals surface area contributed by atoms with E-state index in [1.807, 2.05) is 24.3 Å². The highest BCUT2D eigenvalue weighted by Crippen LogP contribution is 2.36. The van der Waals surface area contributed by atoms with E-state index >= 15 is 0 Å². The fraction of sp³-hybridized carbons (Fsp3) is 0.320. The average Bonchev–Trinajstić information content (AvgIpc) is 3.07. The molecule has 4 rings (SSSR count). The van der Waals surface area contributed by atoms with Crippen LogP contribution in [0.2, 0.25) is 0 Å². The molecule has 1 saturated heterocycles. The lowest BCUT2D eigenvalue weighted by molar-refractivity contribution is -0.123. The first-order valence-electron chi connectivity index (χ1n) is 10.8. The van der Waals surface area contributed by atoms with Gasteiger partial charge >= 0.3 is 5.97 Å². The Morgan fingerprint density at radius 2 is 1.78 bits per heavy atom. The van der Waals surface area contributed by atoms with Crippen LogP contribution in [0.15, 0.2) is 53.4 Å². The van der Waals surface area contributed by atoms with Gasteiger partial charge in [0.2, 0.25) is 0 Å². The minimum atomic E-state index is -0.972. The van der Waals surface area contributed by atoms with Gasteiger partial charge in [-0.1, -0.05) is 49.6 Å². The van der Waals surface area contributed by atoms with Gasteiger partial charge in [0, 0.05) is 12.1 Å². The van der Waals surface area contributed by atoms with E-state index in [1.54, 1.807) is 18.2 Å². The lowest BCUT2D eigenvalue weighted by atomic mass is 9.89. The molecule has 0 bridgehead atoms. The maximum atomic E-state index is 12.9. The van der Waals surface area contributed by atoms with Crippen LogP contribution in [-0.4, -0.2) is 33.7 Å². The van der Waals surface area contributed by atoms with Crippen molar-refractivity contribution in [2.75, 3.05) is 6.54 Å². The molecule has 2 aliphatic rings. The molecule has 1 aliphatic heterocycles. The van der Waals surface area contributed by atoms with E-state index in [2.05, 4.69) is 0 Å². The molecule has 0 atom stereocenters. The molecule has 1 N–H and O–H groups in total. The Morgan fingerprint density at radius 1 is 1.06 bits per heavy atom. The molecule has 2 fully saturated rings. The van der Waals surface area contributed by atoms with Gasteiger partial charge in [0.1, 0.15) is 12.4 Å². The molecule has 166 valence electrons. The highest BCUT2D eigenvalue weighted by Gasteiger charge is 2.36. The number of carbonyl (C=O) groups excluding carboxylic acids is 2. The van der Waals surface area contributed by atoms with E-state index in [9.17, 15) is 14.4 Å². The van der Waals surface area contributed by atoms with Crippen LogP contribution in [0.25, 0.3) is 6.08 Å². The summed E-state index contributed by atoms with van der Waals surface area (Å²) in [6.45, 7) is 0.764. The van der Waals surface area contributed by atoms with Crippen LogP contribution in [0, 0.1) is 5.92 Å². The predicted octanol–water partition coefficient (Wildman–Crippen LogP) is 5.58. The molecule has 2 aromatic rings. The molecule has 6 nitrogen and oxygen atoms in total. The van der Waals surface area contributed by atoms with Crippen LogP contribution in [-0.2, 0) is 11.4 Å². The van der Waals surface area contributed by atoms with Crippen LogP contribution in [0.3, 0.4) is 0 Å². The van der Waals surface area contributed by atoms with E-state index in [4.69, 9.17) is 9.84 Å².